The molecular weight excluding hydrogens is 804 g/mol. The van der Waals surface area contributed by atoms with Crippen LogP contribution in [-0.4, -0.2) is 89.4 Å². The second kappa shape index (κ2) is 16.7. The predicted molar refractivity (Wildman–Crippen MR) is 238 cm³/mol. The van der Waals surface area contributed by atoms with Gasteiger partial charge < -0.3 is 15.1 Å². The molecule has 0 saturated carbocycles. The number of nitrogens with one attached hydrogen (secondary N) is 2. The van der Waals surface area contributed by atoms with Crippen LogP contribution in [-0.2, 0) is 16.6 Å². The zero-order valence-electron chi connectivity index (χ0n) is 35.0. The first-order chi connectivity index (χ1) is 30.5. The van der Waals surface area contributed by atoms with Gasteiger partial charge in [-0.1, -0.05) is 24.3 Å². The van der Waals surface area contributed by atoms with E-state index < -0.39 is 17.6 Å². The summed E-state index contributed by atoms with van der Waals surface area (Å²) < 4.78 is 17.7. The Kier molecular flexibility index (Phi) is 10.8. The van der Waals surface area contributed by atoms with Gasteiger partial charge in [-0.2, -0.15) is 5.10 Å². The summed E-state index contributed by atoms with van der Waals surface area (Å²) in [7, 11) is 3.17. The third kappa shape index (κ3) is 7.79. The number of pyridine rings is 1. The summed E-state index contributed by atoms with van der Waals surface area (Å²) >= 11 is 0. The number of urea groups is 1. The van der Waals surface area contributed by atoms with Crippen LogP contribution in [0.5, 0.6) is 0 Å². The van der Waals surface area contributed by atoms with E-state index in [2.05, 4.69) is 49.8 Å². The lowest BCUT2D eigenvalue weighted by Crippen LogP contribution is -2.46. The highest BCUT2D eigenvalue weighted by atomic mass is 19.1. The molecule has 0 bridgehead atoms. The van der Waals surface area contributed by atoms with Crippen LogP contribution in [0, 0.1) is 12.7 Å². The van der Waals surface area contributed by atoms with Crippen LogP contribution in [0.2, 0.25) is 0 Å². The Bertz CT molecular complexity index is 2850. The second-order valence-electron chi connectivity index (χ2n) is 15.9. The van der Waals surface area contributed by atoms with Crippen LogP contribution in [0.25, 0.3) is 27.9 Å². The number of amides is 5. The van der Waals surface area contributed by atoms with Gasteiger partial charge in [-0.05, 0) is 113 Å². The number of carbonyl (C=O) groups is 4. The molecule has 1 atom stereocenters. The maximum absolute atomic E-state index is 14.9. The first-order valence-corrected chi connectivity index (χ1v) is 20.8. The third-order valence-electron chi connectivity index (χ3n) is 12.2. The second-order valence-corrected chi connectivity index (χ2v) is 15.9. The molecule has 3 aliphatic heterocycles. The Balaban J connectivity index is 0.981. The summed E-state index contributed by atoms with van der Waals surface area (Å²) in [5.41, 5.74) is 8.05. The van der Waals surface area contributed by atoms with E-state index in [1.54, 1.807) is 48.3 Å². The number of hydrogen-bond donors (Lipinski definition) is 2. The van der Waals surface area contributed by atoms with Crippen molar-refractivity contribution >= 4 is 46.6 Å². The van der Waals surface area contributed by atoms with E-state index in [9.17, 15) is 28.4 Å². The minimum absolute atomic E-state index is 0.224. The number of piperazine rings is 1. The molecule has 5 amide bonds. The van der Waals surface area contributed by atoms with Gasteiger partial charge in [-0.3, -0.25) is 29.5 Å². The van der Waals surface area contributed by atoms with E-state index in [4.69, 9.17) is 4.98 Å². The molecule has 3 fully saturated rings. The fraction of sp³-hybridized carbons (Fsp3) is 0.255. The molecule has 4 aromatic carbocycles. The summed E-state index contributed by atoms with van der Waals surface area (Å²) in [6.45, 7) is 5.39. The van der Waals surface area contributed by atoms with Crippen LogP contribution in [0.4, 0.5) is 32.1 Å². The molecule has 6 aromatic rings. The van der Waals surface area contributed by atoms with E-state index >= 15 is 0 Å². The van der Waals surface area contributed by atoms with Gasteiger partial charge >= 0.3 is 11.7 Å². The zero-order valence-corrected chi connectivity index (χ0v) is 35.0. The predicted octanol–water partition coefficient (Wildman–Crippen LogP) is 5.40. The van der Waals surface area contributed by atoms with Crippen molar-refractivity contribution in [3.8, 4) is 27.9 Å². The highest BCUT2D eigenvalue weighted by Gasteiger charge is 2.34. The number of benzene rings is 4. The first kappa shape index (κ1) is 40.8. The van der Waals surface area contributed by atoms with Gasteiger partial charge in [-0.25, -0.2) is 28.2 Å². The lowest BCUT2D eigenvalue weighted by atomic mass is 9.90. The van der Waals surface area contributed by atoms with Crippen LogP contribution >= 0.6 is 0 Å². The quantitative estimate of drug-likeness (QED) is 0.182. The molecule has 3 aliphatic rings. The molecule has 0 spiro atoms. The Morgan fingerprint density at radius 3 is 2.21 bits per heavy atom. The smallest absolute Gasteiger partial charge is 0.350 e. The lowest BCUT2D eigenvalue weighted by molar-refractivity contribution is -0.134. The van der Waals surface area contributed by atoms with Gasteiger partial charge in [-0.15, -0.1) is 0 Å². The molecular formula is C47H45FN10O5. The fourth-order valence-corrected chi connectivity index (χ4v) is 8.80. The molecule has 0 aliphatic carbocycles. The van der Waals surface area contributed by atoms with Crippen LogP contribution in [0.15, 0.2) is 108 Å². The molecule has 15 nitrogen and oxygen atoms in total. The molecule has 63 heavy (non-hydrogen) atoms. The van der Waals surface area contributed by atoms with Gasteiger partial charge in [0.15, 0.2) is 0 Å². The average Bonchev–Trinajstić information content (AvgIpc) is 3.85. The normalized spacial score (nSPS) is 16.8. The minimum atomic E-state index is -0.569. The van der Waals surface area contributed by atoms with Crippen molar-refractivity contribution in [3.05, 3.63) is 137 Å². The maximum atomic E-state index is 14.9. The Morgan fingerprint density at radius 1 is 0.762 bits per heavy atom. The summed E-state index contributed by atoms with van der Waals surface area (Å²) in [5.74, 6) is -1.39. The topological polar surface area (TPSA) is 158 Å². The standard InChI is InChI=1S/C47H45FN10O5/c1-29-38(15-16-50-43(29)57-22-21-56(47(57)63)35-6-4-5-31(24-35)44(60)49-2)40-12-11-36(58-28-51-53(3)46(58)62)27-41(40)30-7-9-34(10-8-30)54-17-19-55(20-18-54)37-25-32(23-33(48)26-37)39-13-14-42(59)52-45(39)61/h4-12,15-16,23-28,39H,13-14,17-22H2,1-3H3,(H,49,60)(H,52,59,61). The van der Waals surface area contributed by atoms with Crippen molar-refractivity contribution in [2.24, 2.45) is 7.05 Å². The molecule has 320 valence electrons. The third-order valence-corrected chi connectivity index (χ3v) is 12.2. The van der Waals surface area contributed by atoms with E-state index in [0.717, 1.165) is 33.5 Å². The Morgan fingerprint density at radius 2 is 1.49 bits per heavy atom. The number of imide groups is 1. The minimum Gasteiger partial charge on any atom is -0.368 e. The highest BCUT2D eigenvalue weighted by molar-refractivity contribution is 6.07. The number of aromatic nitrogens is 4. The zero-order chi connectivity index (χ0) is 43.9. The number of carbonyl (C=O) groups excluding carboxylic acids is 4. The summed E-state index contributed by atoms with van der Waals surface area (Å²) in [4.78, 5) is 76.0. The molecule has 9 rings (SSSR count). The van der Waals surface area contributed by atoms with Gasteiger partial charge in [0.1, 0.15) is 18.0 Å². The van der Waals surface area contributed by atoms with Gasteiger partial charge in [0.25, 0.3) is 5.91 Å². The molecule has 2 aromatic heterocycles. The molecule has 16 heteroatoms. The molecule has 5 heterocycles. The van der Waals surface area contributed by atoms with Gasteiger partial charge in [0, 0.05) is 88.6 Å². The Hall–Kier alpha value is -7.62. The lowest BCUT2D eigenvalue weighted by Gasteiger charge is -2.37. The number of halogens is 1. The monoisotopic (exact) mass is 848 g/mol. The van der Waals surface area contributed by atoms with Crippen LogP contribution in [0.3, 0.4) is 0 Å². The van der Waals surface area contributed by atoms with Crippen molar-refractivity contribution in [2.75, 3.05) is 65.9 Å². The fourth-order valence-electron chi connectivity index (χ4n) is 8.80. The van der Waals surface area contributed by atoms with E-state index in [-0.39, 0.29) is 30.0 Å². The highest BCUT2D eigenvalue weighted by Crippen LogP contribution is 2.39. The van der Waals surface area contributed by atoms with E-state index in [1.807, 2.05) is 43.3 Å². The molecule has 1 unspecified atom stereocenters. The van der Waals surface area contributed by atoms with Crippen LogP contribution < -0.4 is 35.9 Å². The number of anilines is 4. The number of hydrogen-bond acceptors (Lipinski definition) is 9. The SMILES string of the molecule is CNC(=O)c1cccc(N2CCN(c3nccc(-c4ccc(-n5cnn(C)c5=O)cc4-c4ccc(N5CCN(c6cc(F)cc(C7CCC(=O)NC7=O)c6)CC5)cc4)c3C)C2=O)c1. The molecule has 3 saturated heterocycles. The first-order valence-electron chi connectivity index (χ1n) is 20.8. The summed E-state index contributed by atoms with van der Waals surface area (Å²) in [6, 6.07) is 27.5. The van der Waals surface area contributed by atoms with Gasteiger partial charge in [0.05, 0.1) is 11.6 Å². The largest absolute Gasteiger partial charge is 0.368 e. The Labute approximate surface area is 362 Å². The summed E-state index contributed by atoms with van der Waals surface area (Å²) in [5, 5.41) is 9.17. The van der Waals surface area contributed by atoms with Crippen molar-refractivity contribution in [2.45, 2.75) is 25.7 Å². The maximum Gasteiger partial charge on any atom is 0.350 e. The molecule has 0 radical (unpaired) electrons. The van der Waals surface area contributed by atoms with Gasteiger partial charge in [0.2, 0.25) is 11.8 Å². The number of aryl methyl sites for hydroxylation is 1. The van der Waals surface area contributed by atoms with Crippen molar-refractivity contribution in [1.82, 2.24) is 30.0 Å². The van der Waals surface area contributed by atoms with E-state index in [0.29, 0.717) is 79.7 Å². The van der Waals surface area contributed by atoms with Crippen molar-refractivity contribution in [1.29, 1.82) is 0 Å². The number of nitrogens with zero attached hydrogens (tertiary/aromatic N) is 8. The number of piperidine rings is 1. The molecule has 2 N–H and O–H groups in total. The van der Waals surface area contributed by atoms with Crippen molar-refractivity contribution in [3.63, 3.8) is 0 Å². The summed E-state index contributed by atoms with van der Waals surface area (Å²) in [6.07, 6.45) is 3.77. The number of rotatable bonds is 9. The van der Waals surface area contributed by atoms with E-state index in [1.165, 1.54) is 27.7 Å². The average molecular weight is 849 g/mol. The van der Waals surface area contributed by atoms with Crippen LogP contribution in [0.1, 0.15) is 40.2 Å². The van der Waals surface area contributed by atoms with Crippen molar-refractivity contribution < 1.29 is 23.6 Å².